The van der Waals surface area contributed by atoms with Crippen molar-refractivity contribution in [2.24, 2.45) is 0 Å². The van der Waals surface area contributed by atoms with Crippen molar-refractivity contribution in [1.82, 2.24) is 9.97 Å². The molecule has 132 valence electrons. The Bertz CT molecular complexity index is 978. The van der Waals surface area contributed by atoms with E-state index in [1.54, 1.807) is 24.3 Å². The Morgan fingerprint density at radius 3 is 2.46 bits per heavy atom. The number of carbonyl (C=O) groups is 1. The second kappa shape index (κ2) is 7.14. The standard InChI is InChI=1S/C18H15F2N5O/c1-10(26)11-3-2-4-13(7-11)24-17-16(21)18(23-9-22-17)25-15-6-5-12(19)8-14(15)20/h2-9H,21H2,1H3,(H2,22,23,24,25). The van der Waals surface area contributed by atoms with Crippen LogP contribution in [0.4, 0.5) is 37.5 Å². The Labute approximate surface area is 148 Å². The fourth-order valence-electron chi connectivity index (χ4n) is 2.27. The molecule has 3 aromatic rings. The van der Waals surface area contributed by atoms with Gasteiger partial charge in [-0.25, -0.2) is 18.7 Å². The van der Waals surface area contributed by atoms with Gasteiger partial charge in [0.2, 0.25) is 0 Å². The summed E-state index contributed by atoms with van der Waals surface area (Å²) in [5.41, 5.74) is 7.36. The fraction of sp³-hybridized carbons (Fsp3) is 0.0556. The number of carbonyl (C=O) groups excluding carboxylic acids is 1. The van der Waals surface area contributed by atoms with Crippen molar-refractivity contribution in [3.8, 4) is 0 Å². The number of anilines is 5. The molecule has 0 spiro atoms. The molecule has 0 bridgehead atoms. The number of halogens is 2. The van der Waals surface area contributed by atoms with E-state index in [1.807, 2.05) is 0 Å². The van der Waals surface area contributed by atoms with Gasteiger partial charge in [0.25, 0.3) is 0 Å². The van der Waals surface area contributed by atoms with E-state index >= 15 is 0 Å². The third kappa shape index (κ3) is 3.75. The molecule has 0 saturated heterocycles. The second-order valence-electron chi connectivity index (χ2n) is 5.50. The Morgan fingerprint density at radius 2 is 1.77 bits per heavy atom. The number of benzene rings is 2. The second-order valence-corrected chi connectivity index (χ2v) is 5.50. The van der Waals surface area contributed by atoms with Gasteiger partial charge in [-0.05, 0) is 31.2 Å². The van der Waals surface area contributed by atoms with Crippen molar-refractivity contribution in [3.05, 3.63) is 66.0 Å². The highest BCUT2D eigenvalue weighted by Crippen LogP contribution is 2.29. The van der Waals surface area contributed by atoms with Crippen molar-refractivity contribution in [2.45, 2.75) is 6.92 Å². The third-order valence-corrected chi connectivity index (χ3v) is 3.60. The summed E-state index contributed by atoms with van der Waals surface area (Å²) in [5, 5.41) is 5.71. The lowest BCUT2D eigenvalue weighted by Crippen LogP contribution is -2.06. The van der Waals surface area contributed by atoms with Gasteiger partial charge in [-0.3, -0.25) is 4.79 Å². The first kappa shape index (κ1) is 17.3. The zero-order valence-electron chi connectivity index (χ0n) is 13.8. The van der Waals surface area contributed by atoms with Gasteiger partial charge >= 0.3 is 0 Å². The summed E-state index contributed by atoms with van der Waals surface area (Å²) < 4.78 is 26.8. The van der Waals surface area contributed by atoms with Gasteiger partial charge in [0.15, 0.2) is 17.4 Å². The summed E-state index contributed by atoms with van der Waals surface area (Å²) in [6, 6.07) is 9.96. The third-order valence-electron chi connectivity index (χ3n) is 3.60. The molecule has 8 heteroatoms. The molecule has 2 aromatic carbocycles. The number of hydrogen-bond donors (Lipinski definition) is 3. The van der Waals surface area contributed by atoms with Gasteiger partial charge in [-0.15, -0.1) is 0 Å². The number of aromatic nitrogens is 2. The molecule has 0 unspecified atom stereocenters. The van der Waals surface area contributed by atoms with Gasteiger partial charge < -0.3 is 16.4 Å². The van der Waals surface area contributed by atoms with Crippen LogP contribution in [0.25, 0.3) is 0 Å². The van der Waals surface area contributed by atoms with E-state index in [2.05, 4.69) is 20.6 Å². The number of nitrogen functional groups attached to an aromatic ring is 1. The van der Waals surface area contributed by atoms with Crippen molar-refractivity contribution < 1.29 is 13.6 Å². The van der Waals surface area contributed by atoms with Crippen molar-refractivity contribution in [3.63, 3.8) is 0 Å². The number of nitrogens with two attached hydrogens (primary N) is 1. The molecular weight excluding hydrogens is 340 g/mol. The molecule has 0 radical (unpaired) electrons. The van der Waals surface area contributed by atoms with Crippen LogP contribution in [0.5, 0.6) is 0 Å². The van der Waals surface area contributed by atoms with E-state index < -0.39 is 11.6 Å². The summed E-state index contributed by atoms with van der Waals surface area (Å²) >= 11 is 0. The molecule has 0 aliphatic rings. The highest BCUT2D eigenvalue weighted by molar-refractivity contribution is 5.95. The van der Waals surface area contributed by atoms with E-state index in [4.69, 9.17) is 5.73 Å². The van der Waals surface area contributed by atoms with E-state index in [0.717, 1.165) is 12.1 Å². The summed E-state index contributed by atoms with van der Waals surface area (Å²) in [7, 11) is 0. The lowest BCUT2D eigenvalue weighted by Gasteiger charge is -2.13. The summed E-state index contributed by atoms with van der Waals surface area (Å²) in [5.74, 6) is -1.08. The van der Waals surface area contributed by atoms with Crippen LogP contribution in [0.3, 0.4) is 0 Å². The minimum absolute atomic E-state index is 0.0290. The van der Waals surface area contributed by atoms with Crippen LogP contribution in [0.1, 0.15) is 17.3 Å². The molecule has 0 aliphatic carbocycles. The Kier molecular flexibility index (Phi) is 4.74. The maximum atomic E-state index is 13.8. The Morgan fingerprint density at radius 1 is 1.04 bits per heavy atom. The van der Waals surface area contributed by atoms with E-state index in [-0.39, 0.29) is 28.8 Å². The van der Waals surface area contributed by atoms with Gasteiger partial charge in [0.05, 0.1) is 5.69 Å². The van der Waals surface area contributed by atoms with Crippen molar-refractivity contribution in [2.75, 3.05) is 16.4 Å². The minimum atomic E-state index is -0.772. The maximum Gasteiger partial charge on any atom is 0.159 e. The average Bonchev–Trinajstić information content (AvgIpc) is 2.61. The van der Waals surface area contributed by atoms with Gasteiger partial charge in [0.1, 0.15) is 23.6 Å². The van der Waals surface area contributed by atoms with Crippen LogP contribution in [-0.4, -0.2) is 15.8 Å². The predicted molar refractivity (Wildman–Crippen MR) is 95.8 cm³/mol. The van der Waals surface area contributed by atoms with E-state index in [1.165, 1.54) is 19.3 Å². The Balaban J connectivity index is 1.87. The summed E-state index contributed by atoms with van der Waals surface area (Å²) in [6.07, 6.45) is 1.25. The maximum absolute atomic E-state index is 13.8. The van der Waals surface area contributed by atoms with Crippen molar-refractivity contribution >= 4 is 34.5 Å². The molecule has 26 heavy (non-hydrogen) atoms. The molecule has 3 rings (SSSR count). The van der Waals surface area contributed by atoms with Crippen LogP contribution in [0.15, 0.2) is 48.8 Å². The van der Waals surface area contributed by atoms with Gasteiger partial charge in [-0.2, -0.15) is 0 Å². The molecule has 0 saturated carbocycles. The van der Waals surface area contributed by atoms with Crippen LogP contribution >= 0.6 is 0 Å². The summed E-state index contributed by atoms with van der Waals surface area (Å²) in [4.78, 5) is 19.5. The predicted octanol–water partition coefficient (Wildman–Crippen LogP) is 4.03. The van der Waals surface area contributed by atoms with Crippen LogP contribution < -0.4 is 16.4 Å². The first-order valence-electron chi connectivity index (χ1n) is 7.64. The van der Waals surface area contributed by atoms with Crippen LogP contribution in [0, 0.1) is 11.6 Å². The smallest absolute Gasteiger partial charge is 0.159 e. The number of nitrogens with zero attached hydrogens (tertiary/aromatic N) is 2. The normalized spacial score (nSPS) is 10.4. The number of rotatable bonds is 5. The Hall–Kier alpha value is -3.55. The molecule has 0 atom stereocenters. The fourth-order valence-corrected chi connectivity index (χ4v) is 2.27. The van der Waals surface area contributed by atoms with Gasteiger partial charge in [-0.1, -0.05) is 12.1 Å². The molecular formula is C18H15F2N5O. The molecule has 0 amide bonds. The topological polar surface area (TPSA) is 92.9 Å². The number of hydrogen-bond acceptors (Lipinski definition) is 6. The van der Waals surface area contributed by atoms with E-state index in [0.29, 0.717) is 11.3 Å². The minimum Gasteiger partial charge on any atom is -0.393 e. The average molecular weight is 355 g/mol. The van der Waals surface area contributed by atoms with Crippen LogP contribution in [-0.2, 0) is 0 Å². The SMILES string of the molecule is CC(=O)c1cccc(Nc2ncnc(Nc3ccc(F)cc3F)c2N)c1. The first-order chi connectivity index (χ1) is 12.4. The molecule has 4 N–H and O–H groups in total. The quantitative estimate of drug-likeness (QED) is 0.599. The van der Waals surface area contributed by atoms with Gasteiger partial charge in [0, 0.05) is 17.3 Å². The largest absolute Gasteiger partial charge is 0.393 e. The number of nitrogens with one attached hydrogen (secondary N) is 2. The lowest BCUT2D eigenvalue weighted by molar-refractivity contribution is 0.101. The highest BCUT2D eigenvalue weighted by Gasteiger charge is 2.12. The summed E-state index contributed by atoms with van der Waals surface area (Å²) in [6.45, 7) is 1.47. The molecule has 1 aromatic heterocycles. The molecule has 6 nitrogen and oxygen atoms in total. The zero-order valence-corrected chi connectivity index (χ0v) is 13.8. The molecule has 1 heterocycles. The monoisotopic (exact) mass is 355 g/mol. The number of Topliss-reactive ketones (excluding diaryl/α,β-unsaturated/α-hetero) is 1. The number of ketones is 1. The van der Waals surface area contributed by atoms with Crippen molar-refractivity contribution in [1.29, 1.82) is 0 Å². The van der Waals surface area contributed by atoms with Crippen LogP contribution in [0.2, 0.25) is 0 Å². The lowest BCUT2D eigenvalue weighted by atomic mass is 10.1. The molecule has 0 fully saturated rings. The van der Waals surface area contributed by atoms with E-state index in [9.17, 15) is 13.6 Å². The molecule has 0 aliphatic heterocycles. The first-order valence-corrected chi connectivity index (χ1v) is 7.64. The highest BCUT2D eigenvalue weighted by atomic mass is 19.1. The zero-order chi connectivity index (χ0) is 18.7.